The second-order valence-electron chi connectivity index (χ2n) is 5.60. The minimum absolute atomic E-state index is 0.560. The number of aromatic nitrogens is 4. The van der Waals surface area contributed by atoms with E-state index in [1.54, 1.807) is 29.3 Å². The Morgan fingerprint density at radius 1 is 1.08 bits per heavy atom. The number of hydrogen-bond donors (Lipinski definition) is 1. The molecule has 0 aliphatic carbocycles. The third-order valence-electron chi connectivity index (χ3n) is 3.68. The lowest BCUT2D eigenvalue weighted by Crippen LogP contribution is -2.04. The highest BCUT2D eigenvalue weighted by atomic mass is 16.3. The highest BCUT2D eigenvalue weighted by Crippen LogP contribution is 2.23. The van der Waals surface area contributed by atoms with Crippen molar-refractivity contribution in [3.05, 3.63) is 78.6 Å². The number of nitrogens with one attached hydrogen (secondary N) is 1. The van der Waals surface area contributed by atoms with E-state index < -0.39 is 0 Å². The zero-order chi connectivity index (χ0) is 17.8. The van der Waals surface area contributed by atoms with Gasteiger partial charge in [-0.05, 0) is 25.1 Å². The van der Waals surface area contributed by atoms with Crippen LogP contribution in [0.2, 0.25) is 0 Å². The molecule has 7 nitrogen and oxygen atoms in total. The van der Waals surface area contributed by atoms with Crippen LogP contribution < -0.4 is 5.43 Å². The fraction of sp³-hybridized carbons (Fsp3) is 0.0526. The molecule has 4 rings (SSSR count). The molecule has 0 aliphatic rings. The Labute approximate surface area is 150 Å². The van der Waals surface area contributed by atoms with E-state index >= 15 is 0 Å². The number of hydrogen-bond acceptors (Lipinski definition) is 6. The monoisotopic (exact) mass is 344 g/mol. The number of aryl methyl sites for hydroxylation is 1. The van der Waals surface area contributed by atoms with Crippen LogP contribution in [0.3, 0.4) is 0 Å². The summed E-state index contributed by atoms with van der Waals surface area (Å²) in [7, 11) is 0. The van der Waals surface area contributed by atoms with Crippen LogP contribution in [0, 0.1) is 6.92 Å². The molecule has 4 aromatic rings. The smallest absolute Gasteiger partial charge is 0.159 e. The second-order valence-corrected chi connectivity index (χ2v) is 5.60. The Bertz CT molecular complexity index is 1020. The maximum atomic E-state index is 5.20. The summed E-state index contributed by atoms with van der Waals surface area (Å²) in [6.07, 6.45) is 4.65. The van der Waals surface area contributed by atoms with Crippen LogP contribution in [-0.4, -0.2) is 26.0 Å². The van der Waals surface area contributed by atoms with Gasteiger partial charge in [-0.2, -0.15) is 10.2 Å². The average Bonchev–Trinajstić information content (AvgIpc) is 3.32. The van der Waals surface area contributed by atoms with Gasteiger partial charge in [-0.3, -0.25) is 5.43 Å². The van der Waals surface area contributed by atoms with Gasteiger partial charge in [0, 0.05) is 11.6 Å². The van der Waals surface area contributed by atoms with Crippen molar-refractivity contribution in [2.24, 2.45) is 5.10 Å². The SMILES string of the molecule is Cc1cc(-c2ccccc2)n(-c2cc(N/N=C/c3ccco3)ncn2)n1. The van der Waals surface area contributed by atoms with Crippen LogP contribution >= 0.6 is 0 Å². The summed E-state index contributed by atoms with van der Waals surface area (Å²) >= 11 is 0. The molecule has 1 aromatic carbocycles. The molecule has 0 unspecified atom stereocenters. The molecule has 0 spiro atoms. The molecule has 0 saturated carbocycles. The predicted octanol–water partition coefficient (Wildman–Crippen LogP) is 3.68. The van der Waals surface area contributed by atoms with Crippen molar-refractivity contribution >= 4 is 12.0 Å². The molecular weight excluding hydrogens is 328 g/mol. The molecule has 0 bridgehead atoms. The summed E-state index contributed by atoms with van der Waals surface area (Å²) in [5.74, 6) is 1.87. The van der Waals surface area contributed by atoms with E-state index in [-0.39, 0.29) is 0 Å². The first kappa shape index (κ1) is 15.8. The summed E-state index contributed by atoms with van der Waals surface area (Å²) in [4.78, 5) is 8.53. The molecule has 0 atom stereocenters. The molecule has 0 saturated heterocycles. The van der Waals surface area contributed by atoms with Crippen molar-refractivity contribution < 1.29 is 4.42 Å². The van der Waals surface area contributed by atoms with Crippen LogP contribution in [0.15, 0.2) is 76.7 Å². The Balaban J connectivity index is 1.63. The Morgan fingerprint density at radius 2 is 1.96 bits per heavy atom. The normalized spacial score (nSPS) is 11.1. The fourth-order valence-corrected chi connectivity index (χ4v) is 2.54. The quantitative estimate of drug-likeness (QED) is 0.441. The van der Waals surface area contributed by atoms with Gasteiger partial charge in [0.2, 0.25) is 0 Å². The van der Waals surface area contributed by atoms with Gasteiger partial charge >= 0.3 is 0 Å². The molecule has 7 heteroatoms. The highest BCUT2D eigenvalue weighted by Gasteiger charge is 2.11. The maximum absolute atomic E-state index is 5.20. The summed E-state index contributed by atoms with van der Waals surface area (Å²) in [5.41, 5.74) is 5.82. The van der Waals surface area contributed by atoms with E-state index in [4.69, 9.17) is 4.42 Å². The molecule has 128 valence electrons. The summed E-state index contributed by atoms with van der Waals surface area (Å²) < 4.78 is 7.00. The van der Waals surface area contributed by atoms with E-state index in [9.17, 15) is 0 Å². The van der Waals surface area contributed by atoms with Gasteiger partial charge < -0.3 is 4.42 Å². The third kappa shape index (κ3) is 3.36. The van der Waals surface area contributed by atoms with E-state index in [1.165, 1.54) is 6.33 Å². The van der Waals surface area contributed by atoms with Gasteiger partial charge in [0.15, 0.2) is 11.6 Å². The molecule has 0 radical (unpaired) electrons. The minimum Gasteiger partial charge on any atom is -0.463 e. The van der Waals surface area contributed by atoms with Crippen molar-refractivity contribution in [3.63, 3.8) is 0 Å². The molecule has 3 heterocycles. The van der Waals surface area contributed by atoms with Crippen molar-refractivity contribution in [2.75, 3.05) is 5.43 Å². The van der Waals surface area contributed by atoms with Crippen LogP contribution in [0.1, 0.15) is 11.5 Å². The lowest BCUT2D eigenvalue weighted by atomic mass is 10.1. The molecule has 3 aromatic heterocycles. The van der Waals surface area contributed by atoms with E-state index in [1.807, 2.05) is 49.4 Å². The van der Waals surface area contributed by atoms with E-state index in [0.717, 1.165) is 17.0 Å². The van der Waals surface area contributed by atoms with Gasteiger partial charge in [0.1, 0.15) is 12.1 Å². The number of nitrogens with zero attached hydrogens (tertiary/aromatic N) is 5. The Hall–Kier alpha value is -3.74. The first-order valence-electron chi connectivity index (χ1n) is 8.07. The van der Waals surface area contributed by atoms with Crippen LogP contribution in [-0.2, 0) is 0 Å². The Morgan fingerprint density at radius 3 is 2.77 bits per heavy atom. The van der Waals surface area contributed by atoms with Gasteiger partial charge in [0.25, 0.3) is 0 Å². The Kier molecular flexibility index (Phi) is 4.26. The largest absolute Gasteiger partial charge is 0.463 e. The van der Waals surface area contributed by atoms with Crippen molar-refractivity contribution in [1.29, 1.82) is 0 Å². The second kappa shape index (κ2) is 7.02. The fourth-order valence-electron chi connectivity index (χ4n) is 2.54. The van der Waals surface area contributed by atoms with Gasteiger partial charge in [-0.1, -0.05) is 30.3 Å². The van der Waals surface area contributed by atoms with Gasteiger partial charge in [-0.25, -0.2) is 14.6 Å². The number of hydrazone groups is 1. The predicted molar refractivity (Wildman–Crippen MR) is 99.3 cm³/mol. The van der Waals surface area contributed by atoms with Crippen LogP contribution in [0.4, 0.5) is 5.82 Å². The number of furan rings is 1. The molecule has 0 fully saturated rings. The summed E-state index contributed by atoms with van der Waals surface area (Å²) in [6, 6.07) is 17.5. The molecule has 0 aliphatic heterocycles. The molecule has 1 N–H and O–H groups in total. The van der Waals surface area contributed by atoms with Gasteiger partial charge in [-0.15, -0.1) is 0 Å². The maximum Gasteiger partial charge on any atom is 0.159 e. The highest BCUT2D eigenvalue weighted by molar-refractivity contribution is 5.76. The van der Waals surface area contributed by atoms with Crippen LogP contribution in [0.25, 0.3) is 17.1 Å². The van der Waals surface area contributed by atoms with Gasteiger partial charge in [0.05, 0.1) is 23.9 Å². The van der Waals surface area contributed by atoms with E-state index in [2.05, 4.69) is 25.6 Å². The average molecular weight is 344 g/mol. The first-order valence-corrected chi connectivity index (χ1v) is 8.07. The molecular formula is C19H16N6O. The summed E-state index contributed by atoms with van der Waals surface area (Å²) in [6.45, 7) is 1.96. The third-order valence-corrected chi connectivity index (χ3v) is 3.68. The lowest BCUT2D eigenvalue weighted by Gasteiger charge is -2.07. The number of benzene rings is 1. The van der Waals surface area contributed by atoms with E-state index in [0.29, 0.717) is 17.4 Å². The molecule has 26 heavy (non-hydrogen) atoms. The first-order chi connectivity index (χ1) is 12.8. The topological polar surface area (TPSA) is 81.1 Å². The van der Waals surface area contributed by atoms with Crippen molar-refractivity contribution in [1.82, 2.24) is 19.7 Å². The number of rotatable bonds is 5. The zero-order valence-corrected chi connectivity index (χ0v) is 14.1. The number of anilines is 1. The van der Waals surface area contributed by atoms with Crippen molar-refractivity contribution in [3.8, 4) is 17.1 Å². The van der Waals surface area contributed by atoms with Crippen molar-refractivity contribution in [2.45, 2.75) is 6.92 Å². The van der Waals surface area contributed by atoms with Crippen LogP contribution in [0.5, 0.6) is 0 Å². The standard InChI is InChI=1S/C19H16N6O/c1-14-10-17(15-6-3-2-4-7-15)25(24-14)19-11-18(20-13-21-19)23-22-12-16-8-5-9-26-16/h2-13H,1H3,(H,20,21,23)/b22-12+. The zero-order valence-electron chi connectivity index (χ0n) is 14.1. The summed E-state index contributed by atoms with van der Waals surface area (Å²) in [5, 5.41) is 8.68. The lowest BCUT2D eigenvalue weighted by molar-refractivity contribution is 0.560. The minimum atomic E-state index is 0.560. The molecule has 0 amide bonds.